The molecule has 0 aliphatic rings. The van der Waals surface area contributed by atoms with Crippen LogP contribution in [0.2, 0.25) is 0 Å². The van der Waals surface area contributed by atoms with Crippen LogP contribution in [0.3, 0.4) is 0 Å². The van der Waals surface area contributed by atoms with E-state index in [1.54, 1.807) is 0 Å². The van der Waals surface area contributed by atoms with Crippen molar-refractivity contribution in [3.63, 3.8) is 0 Å². The first-order chi connectivity index (χ1) is 15.5. The quantitative estimate of drug-likeness (QED) is 0.113. The van der Waals surface area contributed by atoms with Crippen LogP contribution in [0.5, 0.6) is 0 Å². The summed E-state index contributed by atoms with van der Waals surface area (Å²) >= 11 is 0. The molecule has 3 heteroatoms. The van der Waals surface area contributed by atoms with E-state index in [1.807, 2.05) is 0 Å². The van der Waals surface area contributed by atoms with Crippen LogP contribution in [0, 0.1) is 0 Å². The molecule has 0 saturated heterocycles. The standard InChI is InChI=1S/C22H47N.C7H18NO/c1-2-3-4-5-6-7-8-9-10-11-12-13-14-15-16-17-18-19-20-21-22-23;1-4-5-8(2,3)6-7-9/h2-23H2,1H3;9H,4-7H2,1-3H3/q;+1. The molecule has 0 atom stereocenters. The molecule has 0 unspecified atom stereocenters. The summed E-state index contributed by atoms with van der Waals surface area (Å²) in [6.45, 7) is 7.66. The lowest BCUT2D eigenvalue weighted by molar-refractivity contribution is -0.890. The molecule has 0 rings (SSSR count). The third-order valence-electron chi connectivity index (χ3n) is 6.59. The molecule has 0 spiro atoms. The summed E-state index contributed by atoms with van der Waals surface area (Å²) in [7, 11) is 4.28. The minimum absolute atomic E-state index is 0.299. The molecule has 0 aliphatic heterocycles. The number of nitrogens with zero attached hydrogens (tertiary/aromatic N) is 1. The number of quaternary nitrogens is 1. The van der Waals surface area contributed by atoms with Gasteiger partial charge in [0.05, 0.1) is 27.2 Å². The van der Waals surface area contributed by atoms with Crippen molar-refractivity contribution in [3.8, 4) is 0 Å². The van der Waals surface area contributed by atoms with Gasteiger partial charge in [-0.05, 0) is 19.4 Å². The third kappa shape index (κ3) is 32.1. The highest BCUT2D eigenvalue weighted by Crippen LogP contribution is 2.14. The Morgan fingerprint density at radius 2 is 0.781 bits per heavy atom. The zero-order chi connectivity index (χ0) is 24.2. The van der Waals surface area contributed by atoms with Gasteiger partial charge in [-0.15, -0.1) is 0 Å². The van der Waals surface area contributed by atoms with Crippen LogP contribution in [0.15, 0.2) is 0 Å². The maximum absolute atomic E-state index is 8.61. The van der Waals surface area contributed by atoms with Crippen LogP contribution < -0.4 is 5.73 Å². The predicted molar refractivity (Wildman–Crippen MR) is 146 cm³/mol. The lowest BCUT2D eigenvalue weighted by Crippen LogP contribution is -2.42. The molecular formula is C29H65N2O+. The van der Waals surface area contributed by atoms with Gasteiger partial charge in [0.1, 0.15) is 6.54 Å². The number of rotatable bonds is 24. The minimum atomic E-state index is 0.299. The van der Waals surface area contributed by atoms with E-state index in [2.05, 4.69) is 27.9 Å². The Morgan fingerprint density at radius 1 is 0.469 bits per heavy atom. The van der Waals surface area contributed by atoms with Crippen LogP contribution >= 0.6 is 0 Å². The van der Waals surface area contributed by atoms with Crippen molar-refractivity contribution in [2.24, 2.45) is 5.73 Å². The van der Waals surface area contributed by atoms with Crippen LogP contribution in [0.4, 0.5) is 0 Å². The van der Waals surface area contributed by atoms with Crippen molar-refractivity contribution in [3.05, 3.63) is 0 Å². The van der Waals surface area contributed by atoms with Crippen molar-refractivity contribution < 1.29 is 9.59 Å². The van der Waals surface area contributed by atoms with Crippen molar-refractivity contribution >= 4 is 0 Å². The first kappa shape index (κ1) is 34.0. The van der Waals surface area contributed by atoms with Gasteiger partial charge < -0.3 is 15.3 Å². The number of nitrogens with two attached hydrogens (primary N) is 1. The summed E-state index contributed by atoms with van der Waals surface area (Å²) in [6.07, 6.45) is 30.0. The maximum atomic E-state index is 8.61. The Bertz CT molecular complexity index is 292. The van der Waals surface area contributed by atoms with E-state index in [4.69, 9.17) is 10.8 Å². The average molecular weight is 458 g/mol. The van der Waals surface area contributed by atoms with Crippen LogP contribution in [0.25, 0.3) is 0 Å². The Kier molecular flexibility index (Phi) is 30.8. The lowest BCUT2D eigenvalue weighted by Gasteiger charge is -2.28. The zero-order valence-electron chi connectivity index (χ0n) is 23.1. The fourth-order valence-corrected chi connectivity index (χ4v) is 4.39. The normalized spacial score (nSPS) is 11.4. The highest BCUT2D eigenvalue weighted by molar-refractivity contribution is 4.51. The lowest BCUT2D eigenvalue weighted by atomic mass is 10.0. The average Bonchev–Trinajstić information content (AvgIpc) is 2.76. The van der Waals surface area contributed by atoms with E-state index in [9.17, 15) is 0 Å². The van der Waals surface area contributed by atoms with Gasteiger partial charge in [-0.1, -0.05) is 136 Å². The number of aliphatic hydroxyl groups is 1. The summed E-state index contributed by atoms with van der Waals surface area (Å²) < 4.78 is 0.938. The molecule has 0 radical (unpaired) electrons. The summed E-state index contributed by atoms with van der Waals surface area (Å²) in [5.41, 5.74) is 5.51. The molecule has 0 saturated carbocycles. The number of likely N-dealkylation sites (N-methyl/N-ethyl adjacent to an activating group) is 1. The van der Waals surface area contributed by atoms with Crippen LogP contribution in [0.1, 0.15) is 149 Å². The first-order valence-electron chi connectivity index (χ1n) is 14.7. The number of hydrogen-bond donors (Lipinski definition) is 2. The number of hydrogen-bond acceptors (Lipinski definition) is 2. The van der Waals surface area contributed by atoms with Gasteiger partial charge in [0.15, 0.2) is 0 Å². The Hall–Kier alpha value is -0.120. The summed E-state index contributed by atoms with van der Waals surface area (Å²) in [6, 6.07) is 0. The highest BCUT2D eigenvalue weighted by Gasteiger charge is 2.10. The van der Waals surface area contributed by atoms with Crippen molar-refractivity contribution in [2.45, 2.75) is 149 Å². The molecule has 196 valence electrons. The molecule has 0 aromatic heterocycles. The van der Waals surface area contributed by atoms with E-state index < -0.39 is 0 Å². The van der Waals surface area contributed by atoms with E-state index >= 15 is 0 Å². The van der Waals surface area contributed by atoms with Gasteiger partial charge in [0.2, 0.25) is 0 Å². The van der Waals surface area contributed by atoms with Crippen molar-refractivity contribution in [1.29, 1.82) is 0 Å². The van der Waals surface area contributed by atoms with E-state index in [0.717, 1.165) is 24.1 Å². The van der Waals surface area contributed by atoms with Gasteiger partial charge in [-0.2, -0.15) is 0 Å². The van der Waals surface area contributed by atoms with E-state index in [0.29, 0.717) is 6.61 Å². The maximum Gasteiger partial charge on any atom is 0.102 e. The molecule has 0 aromatic carbocycles. The van der Waals surface area contributed by atoms with Gasteiger partial charge in [-0.3, -0.25) is 0 Å². The van der Waals surface area contributed by atoms with Gasteiger partial charge in [0, 0.05) is 0 Å². The van der Waals surface area contributed by atoms with Gasteiger partial charge >= 0.3 is 0 Å². The molecule has 3 nitrogen and oxygen atoms in total. The Morgan fingerprint density at radius 3 is 1.03 bits per heavy atom. The van der Waals surface area contributed by atoms with Gasteiger partial charge in [0.25, 0.3) is 0 Å². The Balaban J connectivity index is 0. The monoisotopic (exact) mass is 458 g/mol. The van der Waals surface area contributed by atoms with Crippen molar-refractivity contribution in [2.75, 3.05) is 40.3 Å². The van der Waals surface area contributed by atoms with Crippen LogP contribution in [-0.2, 0) is 0 Å². The fourth-order valence-electron chi connectivity index (χ4n) is 4.39. The molecule has 3 N–H and O–H groups in total. The Labute approximate surface area is 204 Å². The smallest absolute Gasteiger partial charge is 0.102 e. The van der Waals surface area contributed by atoms with E-state index in [1.165, 1.54) is 135 Å². The minimum Gasteiger partial charge on any atom is -0.391 e. The largest absolute Gasteiger partial charge is 0.391 e. The number of unbranched alkanes of at least 4 members (excludes halogenated alkanes) is 19. The second-order valence-corrected chi connectivity index (χ2v) is 10.6. The van der Waals surface area contributed by atoms with E-state index in [-0.39, 0.29) is 0 Å². The first-order valence-corrected chi connectivity index (χ1v) is 14.7. The SMILES string of the molecule is CCCCCCCCCCCCCCCCCCCCCCN.CCC[N+](C)(C)CCO. The number of aliphatic hydroxyl groups excluding tert-OH is 1. The van der Waals surface area contributed by atoms with Crippen molar-refractivity contribution in [1.82, 2.24) is 0 Å². The predicted octanol–water partition coefficient (Wildman–Crippen LogP) is 8.23. The molecule has 0 bridgehead atoms. The molecule has 0 heterocycles. The molecule has 0 aromatic rings. The molecule has 0 amide bonds. The van der Waals surface area contributed by atoms with Crippen LogP contribution in [-0.4, -0.2) is 49.9 Å². The summed E-state index contributed by atoms with van der Waals surface area (Å²) in [5.74, 6) is 0. The second-order valence-electron chi connectivity index (χ2n) is 10.6. The summed E-state index contributed by atoms with van der Waals surface area (Å²) in [4.78, 5) is 0. The summed E-state index contributed by atoms with van der Waals surface area (Å²) in [5, 5.41) is 8.61. The fraction of sp³-hybridized carbons (Fsp3) is 1.00. The molecule has 0 aliphatic carbocycles. The third-order valence-corrected chi connectivity index (χ3v) is 6.59. The second kappa shape index (κ2) is 28.9. The topological polar surface area (TPSA) is 46.2 Å². The molecule has 0 fully saturated rings. The molecule has 32 heavy (non-hydrogen) atoms. The zero-order valence-corrected chi connectivity index (χ0v) is 23.1. The highest BCUT2D eigenvalue weighted by atomic mass is 16.3. The molecular weight excluding hydrogens is 392 g/mol. The van der Waals surface area contributed by atoms with Gasteiger partial charge in [-0.25, -0.2) is 0 Å².